The number of hydrogen-bond donors (Lipinski definition) is 2. The van der Waals surface area contributed by atoms with E-state index >= 15 is 0 Å². The van der Waals surface area contributed by atoms with Gasteiger partial charge in [-0.25, -0.2) is 4.98 Å². The summed E-state index contributed by atoms with van der Waals surface area (Å²) in [4.78, 5) is 6.78. The second-order valence-corrected chi connectivity index (χ2v) is 6.01. The summed E-state index contributed by atoms with van der Waals surface area (Å²) < 4.78 is 0. The normalized spacial score (nSPS) is 29.1. The van der Waals surface area contributed by atoms with Gasteiger partial charge < -0.3 is 15.1 Å². The van der Waals surface area contributed by atoms with E-state index < -0.39 is 0 Å². The second-order valence-electron chi connectivity index (χ2n) is 6.01. The number of aliphatic hydroxyl groups excluding tert-OH is 1. The maximum atomic E-state index is 10.0. The number of anilines is 1. The topological polar surface area (TPSA) is 56.6 Å². The molecule has 4 rings (SSSR count). The molecule has 1 saturated carbocycles. The minimum Gasteiger partial charge on any atom is -0.508 e. The van der Waals surface area contributed by atoms with Crippen LogP contribution < -0.4 is 4.90 Å². The fourth-order valence-electron chi connectivity index (χ4n) is 3.80. The largest absolute Gasteiger partial charge is 0.508 e. The molecule has 104 valence electrons. The molecule has 2 heterocycles. The van der Waals surface area contributed by atoms with Gasteiger partial charge in [0.15, 0.2) is 0 Å². The van der Waals surface area contributed by atoms with E-state index in [0.717, 1.165) is 42.5 Å². The second kappa shape index (κ2) is 4.35. The van der Waals surface area contributed by atoms with E-state index in [0.29, 0.717) is 11.8 Å². The maximum Gasteiger partial charge on any atom is 0.136 e. The van der Waals surface area contributed by atoms with Gasteiger partial charge in [-0.05, 0) is 42.3 Å². The van der Waals surface area contributed by atoms with Crippen LogP contribution in [0.15, 0.2) is 30.5 Å². The first kappa shape index (κ1) is 12.0. The smallest absolute Gasteiger partial charge is 0.136 e. The molecule has 20 heavy (non-hydrogen) atoms. The molecule has 3 atom stereocenters. The summed E-state index contributed by atoms with van der Waals surface area (Å²) >= 11 is 0. The van der Waals surface area contributed by atoms with Crippen LogP contribution in [0.25, 0.3) is 10.8 Å². The number of pyridine rings is 1. The number of phenols is 1. The lowest BCUT2D eigenvalue weighted by molar-refractivity contribution is 0.133. The van der Waals surface area contributed by atoms with Gasteiger partial charge in [0.1, 0.15) is 11.6 Å². The van der Waals surface area contributed by atoms with E-state index in [4.69, 9.17) is 0 Å². The zero-order chi connectivity index (χ0) is 13.7. The molecule has 2 fully saturated rings. The molecule has 2 aliphatic rings. The quantitative estimate of drug-likeness (QED) is 0.833. The molecule has 1 aromatic carbocycles. The van der Waals surface area contributed by atoms with Crippen molar-refractivity contribution in [2.75, 3.05) is 18.0 Å². The van der Waals surface area contributed by atoms with Crippen LogP contribution in [0.1, 0.15) is 12.8 Å². The van der Waals surface area contributed by atoms with Gasteiger partial charge in [0.2, 0.25) is 0 Å². The molecular weight excluding hydrogens is 252 g/mol. The van der Waals surface area contributed by atoms with Crippen LogP contribution >= 0.6 is 0 Å². The third-order valence-electron chi connectivity index (χ3n) is 4.85. The predicted octanol–water partition coefficient (Wildman–Crippen LogP) is 2.15. The number of hydrogen-bond acceptors (Lipinski definition) is 4. The molecule has 2 N–H and O–H groups in total. The molecule has 0 radical (unpaired) electrons. The molecular formula is C16H18N2O2. The molecule has 3 unspecified atom stereocenters. The monoisotopic (exact) mass is 270 g/mol. The van der Waals surface area contributed by atoms with Crippen molar-refractivity contribution in [1.29, 1.82) is 0 Å². The number of nitrogens with zero attached hydrogens (tertiary/aromatic N) is 2. The van der Waals surface area contributed by atoms with Gasteiger partial charge >= 0.3 is 0 Å². The number of aromatic hydroxyl groups is 1. The highest BCUT2D eigenvalue weighted by atomic mass is 16.3. The van der Waals surface area contributed by atoms with Gasteiger partial charge in [0.05, 0.1) is 6.10 Å². The molecule has 0 amide bonds. The average Bonchev–Trinajstić information content (AvgIpc) is 3.01. The number of phenolic OH excluding ortho intramolecular Hbond substituents is 1. The lowest BCUT2D eigenvalue weighted by Crippen LogP contribution is -2.25. The summed E-state index contributed by atoms with van der Waals surface area (Å²) in [6, 6.07) is 7.36. The van der Waals surface area contributed by atoms with Gasteiger partial charge in [0, 0.05) is 30.6 Å². The molecule has 0 bridgehead atoms. The summed E-state index contributed by atoms with van der Waals surface area (Å²) in [6.45, 7) is 1.83. The lowest BCUT2D eigenvalue weighted by atomic mass is 10.00. The summed E-state index contributed by atoms with van der Waals surface area (Å²) in [5, 5.41) is 21.8. The van der Waals surface area contributed by atoms with Crippen molar-refractivity contribution in [2.45, 2.75) is 18.9 Å². The summed E-state index contributed by atoms with van der Waals surface area (Å²) in [6.07, 6.45) is 3.71. The Labute approximate surface area is 117 Å². The fourth-order valence-corrected chi connectivity index (χ4v) is 3.80. The molecule has 1 aliphatic heterocycles. The van der Waals surface area contributed by atoms with Crippen LogP contribution in [0.5, 0.6) is 5.75 Å². The molecule has 4 nitrogen and oxygen atoms in total. The Hall–Kier alpha value is -1.81. The van der Waals surface area contributed by atoms with Crippen molar-refractivity contribution in [3.63, 3.8) is 0 Å². The Morgan fingerprint density at radius 1 is 1.15 bits per heavy atom. The highest BCUT2D eigenvalue weighted by Crippen LogP contribution is 2.41. The fraction of sp³-hybridized carbons (Fsp3) is 0.438. The van der Waals surface area contributed by atoms with E-state index in [1.807, 2.05) is 18.3 Å². The third-order valence-corrected chi connectivity index (χ3v) is 4.85. The van der Waals surface area contributed by atoms with E-state index in [-0.39, 0.29) is 11.9 Å². The first-order chi connectivity index (χ1) is 9.72. The molecule has 4 heteroatoms. The van der Waals surface area contributed by atoms with Crippen molar-refractivity contribution >= 4 is 16.6 Å². The molecule has 1 aromatic heterocycles. The number of rotatable bonds is 1. The Balaban J connectivity index is 1.74. The minimum absolute atomic E-state index is 0.159. The molecule has 0 spiro atoms. The Morgan fingerprint density at radius 3 is 2.90 bits per heavy atom. The van der Waals surface area contributed by atoms with E-state index in [9.17, 15) is 10.2 Å². The number of aromatic nitrogens is 1. The van der Waals surface area contributed by atoms with Crippen LogP contribution in [-0.2, 0) is 0 Å². The summed E-state index contributed by atoms with van der Waals surface area (Å²) in [5.74, 6) is 2.16. The van der Waals surface area contributed by atoms with Gasteiger partial charge in [-0.2, -0.15) is 0 Å². The van der Waals surface area contributed by atoms with Gasteiger partial charge in [-0.1, -0.05) is 6.07 Å². The molecule has 1 saturated heterocycles. The minimum atomic E-state index is -0.159. The van der Waals surface area contributed by atoms with Crippen LogP contribution in [0.3, 0.4) is 0 Å². The highest BCUT2D eigenvalue weighted by Gasteiger charge is 2.42. The Morgan fingerprint density at radius 2 is 2.05 bits per heavy atom. The van der Waals surface area contributed by atoms with Crippen LogP contribution in [-0.4, -0.2) is 34.4 Å². The van der Waals surface area contributed by atoms with Gasteiger partial charge in [-0.3, -0.25) is 0 Å². The highest BCUT2D eigenvalue weighted by molar-refractivity contribution is 5.93. The maximum absolute atomic E-state index is 10.0. The summed E-state index contributed by atoms with van der Waals surface area (Å²) in [5.41, 5.74) is 0. The third kappa shape index (κ3) is 1.75. The van der Waals surface area contributed by atoms with Crippen LogP contribution in [0.2, 0.25) is 0 Å². The zero-order valence-electron chi connectivity index (χ0n) is 11.2. The van der Waals surface area contributed by atoms with Gasteiger partial charge in [-0.15, -0.1) is 0 Å². The van der Waals surface area contributed by atoms with Crippen LogP contribution in [0.4, 0.5) is 5.82 Å². The Kier molecular flexibility index (Phi) is 2.60. The predicted molar refractivity (Wildman–Crippen MR) is 77.8 cm³/mol. The van der Waals surface area contributed by atoms with Crippen molar-refractivity contribution in [2.24, 2.45) is 11.8 Å². The van der Waals surface area contributed by atoms with Gasteiger partial charge in [0.25, 0.3) is 0 Å². The first-order valence-corrected chi connectivity index (χ1v) is 7.23. The number of benzene rings is 1. The lowest BCUT2D eigenvalue weighted by Gasteiger charge is -2.21. The van der Waals surface area contributed by atoms with E-state index in [2.05, 4.69) is 9.88 Å². The van der Waals surface area contributed by atoms with E-state index in [1.165, 1.54) is 0 Å². The summed E-state index contributed by atoms with van der Waals surface area (Å²) in [7, 11) is 0. The SMILES string of the molecule is Oc1ccc2ccnc(N3CC4CCC(O)C4C3)c2c1. The van der Waals surface area contributed by atoms with E-state index in [1.54, 1.807) is 12.1 Å². The first-order valence-electron chi connectivity index (χ1n) is 7.23. The zero-order valence-corrected chi connectivity index (χ0v) is 11.2. The molecule has 1 aliphatic carbocycles. The van der Waals surface area contributed by atoms with Crippen LogP contribution in [0, 0.1) is 11.8 Å². The Bertz CT molecular complexity index is 658. The van der Waals surface area contributed by atoms with Crippen molar-refractivity contribution in [3.05, 3.63) is 30.5 Å². The number of aliphatic hydroxyl groups is 1. The standard InChI is InChI=1S/C16H18N2O2/c19-12-3-1-10-5-6-17-16(13(10)7-12)18-8-11-2-4-15(20)14(11)9-18/h1,3,5-7,11,14-15,19-20H,2,4,8-9H2. The average molecular weight is 270 g/mol. The number of fused-ring (bicyclic) bond motifs is 2. The molecule has 2 aromatic rings. The van der Waals surface area contributed by atoms with Crippen molar-refractivity contribution < 1.29 is 10.2 Å². The van der Waals surface area contributed by atoms with Crippen molar-refractivity contribution in [1.82, 2.24) is 4.98 Å². The van der Waals surface area contributed by atoms with Crippen molar-refractivity contribution in [3.8, 4) is 5.75 Å².